The van der Waals surface area contributed by atoms with Crippen molar-refractivity contribution in [3.8, 4) is 0 Å². The molecular formula is C7H12N2O2. The van der Waals surface area contributed by atoms with Crippen LogP contribution in [0.3, 0.4) is 0 Å². The van der Waals surface area contributed by atoms with Crippen LogP contribution in [0.25, 0.3) is 0 Å². The predicted molar refractivity (Wildman–Crippen MR) is 40.6 cm³/mol. The number of nitrogens with zero attached hydrogens (tertiary/aromatic N) is 2. The molecule has 4 heteroatoms. The summed E-state index contributed by atoms with van der Waals surface area (Å²) in [4.78, 5) is 17.8. The van der Waals surface area contributed by atoms with Crippen LogP contribution >= 0.6 is 0 Å². The van der Waals surface area contributed by atoms with Crippen molar-refractivity contribution in [2.75, 3.05) is 19.6 Å². The zero-order valence-corrected chi connectivity index (χ0v) is 6.62. The second kappa shape index (κ2) is 3.27. The first-order chi connectivity index (χ1) is 5.29. The van der Waals surface area contributed by atoms with Crippen LogP contribution in [0.5, 0.6) is 0 Å². The van der Waals surface area contributed by atoms with E-state index in [2.05, 4.69) is 6.58 Å². The molecule has 0 unspecified atom stereocenters. The lowest BCUT2D eigenvalue weighted by Gasteiger charge is -2.14. The molecule has 1 rings (SSSR count). The van der Waals surface area contributed by atoms with Gasteiger partial charge in [-0.05, 0) is 6.92 Å². The van der Waals surface area contributed by atoms with Gasteiger partial charge in [-0.3, -0.25) is 0 Å². The Morgan fingerprint density at radius 1 is 1.73 bits per heavy atom. The summed E-state index contributed by atoms with van der Waals surface area (Å²) in [5.41, 5.74) is 0. The summed E-state index contributed by atoms with van der Waals surface area (Å²) in [6, 6.07) is -0.0765. The summed E-state index contributed by atoms with van der Waals surface area (Å²) in [6.45, 7) is 7.41. The van der Waals surface area contributed by atoms with E-state index in [-0.39, 0.29) is 6.03 Å². The average molecular weight is 156 g/mol. The number of hydrogen-bond acceptors (Lipinski definition) is 2. The fourth-order valence-electron chi connectivity index (χ4n) is 1.04. The molecule has 1 aliphatic heterocycles. The van der Waals surface area contributed by atoms with Crippen molar-refractivity contribution in [3.63, 3.8) is 0 Å². The number of carbonyl (C=O) groups is 1. The van der Waals surface area contributed by atoms with E-state index in [9.17, 15) is 4.79 Å². The highest BCUT2D eigenvalue weighted by Crippen LogP contribution is 2.07. The lowest BCUT2D eigenvalue weighted by atomic mass is 10.6. The van der Waals surface area contributed by atoms with Crippen molar-refractivity contribution >= 4 is 6.03 Å². The van der Waals surface area contributed by atoms with E-state index in [1.54, 1.807) is 4.90 Å². The Morgan fingerprint density at radius 2 is 2.45 bits per heavy atom. The predicted octanol–water partition coefficient (Wildman–Crippen LogP) is 0.819. The molecule has 0 bridgehead atoms. The fraction of sp³-hybridized carbons (Fsp3) is 0.571. The van der Waals surface area contributed by atoms with Gasteiger partial charge in [-0.2, -0.15) is 5.06 Å². The minimum Gasteiger partial charge on any atom is -0.384 e. The van der Waals surface area contributed by atoms with Gasteiger partial charge in [-0.15, -0.1) is 0 Å². The Kier molecular flexibility index (Phi) is 2.36. The van der Waals surface area contributed by atoms with Crippen molar-refractivity contribution in [3.05, 3.63) is 12.8 Å². The topological polar surface area (TPSA) is 32.8 Å². The third-order valence-corrected chi connectivity index (χ3v) is 1.64. The minimum absolute atomic E-state index is 0.0765. The van der Waals surface area contributed by atoms with E-state index in [0.717, 1.165) is 13.1 Å². The molecule has 0 aromatic rings. The third-order valence-electron chi connectivity index (χ3n) is 1.64. The largest absolute Gasteiger partial charge is 0.384 e. The quantitative estimate of drug-likeness (QED) is 0.567. The zero-order valence-electron chi connectivity index (χ0n) is 6.62. The maximum atomic E-state index is 11.2. The average Bonchev–Trinajstić information content (AvgIpc) is 2.34. The highest BCUT2D eigenvalue weighted by atomic mass is 16.7. The van der Waals surface area contributed by atoms with Gasteiger partial charge < -0.3 is 9.74 Å². The van der Waals surface area contributed by atoms with Crippen LogP contribution in [-0.2, 0) is 4.84 Å². The number of amides is 2. The van der Waals surface area contributed by atoms with Gasteiger partial charge in [0.15, 0.2) is 0 Å². The molecule has 0 spiro atoms. The number of hydrogen-bond donors (Lipinski definition) is 0. The fourth-order valence-corrected chi connectivity index (χ4v) is 1.04. The molecule has 11 heavy (non-hydrogen) atoms. The first-order valence-electron chi connectivity index (χ1n) is 3.63. The molecule has 1 heterocycles. The van der Waals surface area contributed by atoms with Gasteiger partial charge in [0.1, 0.15) is 6.26 Å². The van der Waals surface area contributed by atoms with Crippen LogP contribution in [0.2, 0.25) is 0 Å². The van der Waals surface area contributed by atoms with E-state index in [4.69, 9.17) is 4.84 Å². The van der Waals surface area contributed by atoms with Crippen molar-refractivity contribution < 1.29 is 9.63 Å². The first-order valence-corrected chi connectivity index (χ1v) is 3.63. The van der Waals surface area contributed by atoms with E-state index in [0.29, 0.717) is 6.54 Å². The molecule has 0 aromatic carbocycles. The molecule has 0 radical (unpaired) electrons. The first kappa shape index (κ1) is 7.91. The van der Waals surface area contributed by atoms with E-state index >= 15 is 0 Å². The van der Waals surface area contributed by atoms with Crippen molar-refractivity contribution in [1.82, 2.24) is 9.96 Å². The Bertz CT molecular complexity index is 170. The molecule has 0 saturated carbocycles. The molecule has 62 valence electrons. The van der Waals surface area contributed by atoms with Gasteiger partial charge in [0.25, 0.3) is 0 Å². The van der Waals surface area contributed by atoms with Gasteiger partial charge in [-0.1, -0.05) is 6.58 Å². The Labute approximate surface area is 66.0 Å². The Morgan fingerprint density at radius 3 is 2.91 bits per heavy atom. The van der Waals surface area contributed by atoms with Crippen LogP contribution < -0.4 is 0 Å². The highest BCUT2D eigenvalue weighted by molar-refractivity contribution is 5.75. The van der Waals surface area contributed by atoms with E-state index in [1.807, 2.05) is 6.92 Å². The Hall–Kier alpha value is -1.19. The maximum absolute atomic E-state index is 11.2. The summed E-state index contributed by atoms with van der Waals surface area (Å²) in [5.74, 6) is 0. The van der Waals surface area contributed by atoms with Crippen molar-refractivity contribution in [1.29, 1.82) is 0 Å². The lowest BCUT2D eigenvalue weighted by molar-refractivity contribution is -0.0415. The SMILES string of the molecule is C=CON1CCN(CC)C1=O. The third kappa shape index (κ3) is 1.45. The normalized spacial score (nSPS) is 17.4. The number of urea groups is 1. The maximum Gasteiger partial charge on any atom is 0.353 e. The van der Waals surface area contributed by atoms with Gasteiger partial charge in [0.2, 0.25) is 0 Å². The zero-order chi connectivity index (χ0) is 8.27. The second-order valence-corrected chi connectivity index (χ2v) is 2.24. The van der Waals surface area contributed by atoms with Crippen LogP contribution in [0.4, 0.5) is 4.79 Å². The summed E-state index contributed by atoms with van der Waals surface area (Å²) in [5, 5.41) is 1.30. The van der Waals surface area contributed by atoms with Crippen molar-refractivity contribution in [2.24, 2.45) is 0 Å². The second-order valence-electron chi connectivity index (χ2n) is 2.24. The van der Waals surface area contributed by atoms with Gasteiger partial charge in [0.05, 0.1) is 6.54 Å². The molecule has 1 aliphatic rings. The number of carbonyl (C=O) groups excluding carboxylic acids is 1. The summed E-state index contributed by atoms with van der Waals surface area (Å²) in [6.07, 6.45) is 1.26. The monoisotopic (exact) mass is 156 g/mol. The molecule has 1 saturated heterocycles. The van der Waals surface area contributed by atoms with Crippen LogP contribution in [-0.4, -0.2) is 35.6 Å². The van der Waals surface area contributed by atoms with Crippen LogP contribution in [0.1, 0.15) is 6.92 Å². The standard InChI is InChI=1S/C7H12N2O2/c1-3-8-5-6-9(7(8)10)11-4-2/h4H,2-3,5-6H2,1H3. The number of rotatable bonds is 3. The lowest BCUT2D eigenvalue weighted by Crippen LogP contribution is -2.30. The smallest absolute Gasteiger partial charge is 0.353 e. The molecule has 4 nitrogen and oxygen atoms in total. The minimum atomic E-state index is -0.0765. The molecule has 0 N–H and O–H groups in total. The van der Waals surface area contributed by atoms with Gasteiger partial charge >= 0.3 is 6.03 Å². The summed E-state index contributed by atoms with van der Waals surface area (Å²) >= 11 is 0. The van der Waals surface area contributed by atoms with E-state index < -0.39 is 0 Å². The van der Waals surface area contributed by atoms with Gasteiger partial charge in [-0.25, -0.2) is 4.79 Å². The summed E-state index contributed by atoms with van der Waals surface area (Å²) < 4.78 is 0. The molecular weight excluding hydrogens is 144 g/mol. The number of likely N-dealkylation sites (N-methyl/N-ethyl adjacent to an activating group) is 1. The van der Waals surface area contributed by atoms with E-state index in [1.165, 1.54) is 11.3 Å². The highest BCUT2D eigenvalue weighted by Gasteiger charge is 2.27. The molecule has 0 aliphatic carbocycles. The molecule has 0 atom stereocenters. The van der Waals surface area contributed by atoms with Crippen LogP contribution in [0, 0.1) is 0 Å². The molecule has 1 fully saturated rings. The van der Waals surface area contributed by atoms with Crippen molar-refractivity contribution in [2.45, 2.75) is 6.92 Å². The Balaban J connectivity index is 2.48. The molecule has 0 aromatic heterocycles. The summed E-state index contributed by atoms with van der Waals surface area (Å²) in [7, 11) is 0. The number of hydroxylamine groups is 2. The van der Waals surface area contributed by atoms with Gasteiger partial charge in [0, 0.05) is 13.1 Å². The van der Waals surface area contributed by atoms with Crippen LogP contribution in [0.15, 0.2) is 12.8 Å². The molecule has 2 amide bonds.